The van der Waals surface area contributed by atoms with Gasteiger partial charge >= 0.3 is 0 Å². The van der Waals surface area contributed by atoms with Gasteiger partial charge in [-0.05, 0) is 29.8 Å². The van der Waals surface area contributed by atoms with E-state index in [0.717, 1.165) is 49.9 Å². The number of para-hydroxylation sites is 1. The van der Waals surface area contributed by atoms with Crippen molar-refractivity contribution in [2.75, 3.05) is 38.7 Å². The van der Waals surface area contributed by atoms with E-state index in [1.807, 2.05) is 42.5 Å². The predicted molar refractivity (Wildman–Crippen MR) is 114 cm³/mol. The van der Waals surface area contributed by atoms with Crippen molar-refractivity contribution in [2.45, 2.75) is 12.3 Å². The Morgan fingerprint density at radius 3 is 2.55 bits per heavy atom. The van der Waals surface area contributed by atoms with Gasteiger partial charge in [-0.1, -0.05) is 30.3 Å². The third kappa shape index (κ3) is 6.06. The minimum Gasteiger partial charge on any atom is -0.493 e. The molecule has 1 aliphatic heterocycles. The minimum atomic E-state index is 0.569. The molecule has 6 nitrogen and oxygen atoms in total. The highest BCUT2D eigenvalue weighted by atomic mass is 32.2. The van der Waals surface area contributed by atoms with Crippen molar-refractivity contribution in [2.24, 2.45) is 0 Å². The molecule has 0 saturated carbocycles. The van der Waals surface area contributed by atoms with E-state index in [0.29, 0.717) is 24.1 Å². The maximum Gasteiger partial charge on any atom is 0.247 e. The van der Waals surface area contributed by atoms with E-state index < -0.39 is 0 Å². The van der Waals surface area contributed by atoms with Crippen LogP contribution in [0.4, 0.5) is 0 Å². The maximum absolute atomic E-state index is 5.81. The molecule has 0 bridgehead atoms. The van der Waals surface area contributed by atoms with Crippen LogP contribution in [0.5, 0.6) is 5.75 Å². The lowest BCUT2D eigenvalue weighted by atomic mass is 10.1. The van der Waals surface area contributed by atoms with Crippen LogP contribution in [-0.2, 0) is 17.0 Å². The fraction of sp³-hybridized carbons (Fsp3) is 0.364. The average molecular weight is 412 g/mol. The highest BCUT2D eigenvalue weighted by Gasteiger charge is 2.12. The average Bonchev–Trinajstić information content (AvgIpc) is 3.24. The molecule has 1 saturated heterocycles. The van der Waals surface area contributed by atoms with Gasteiger partial charge in [0, 0.05) is 31.0 Å². The van der Waals surface area contributed by atoms with Crippen LogP contribution in [0.25, 0.3) is 11.5 Å². The minimum absolute atomic E-state index is 0.569. The molecule has 7 heteroatoms. The van der Waals surface area contributed by atoms with E-state index >= 15 is 0 Å². The van der Waals surface area contributed by atoms with E-state index in [1.54, 1.807) is 11.8 Å². The first-order chi connectivity index (χ1) is 14.4. The maximum atomic E-state index is 5.81. The molecule has 1 aliphatic rings. The molecule has 2 heterocycles. The lowest BCUT2D eigenvalue weighted by Crippen LogP contribution is -2.35. The SMILES string of the molecule is c1ccc(OCCSCc2nnc(-c3ccc(CN4CCOCC4)cc3)o2)cc1. The summed E-state index contributed by atoms with van der Waals surface area (Å²) in [6, 6.07) is 18.2. The molecule has 152 valence electrons. The molecule has 1 aromatic heterocycles. The van der Waals surface area contributed by atoms with Gasteiger partial charge in [-0.2, -0.15) is 0 Å². The summed E-state index contributed by atoms with van der Waals surface area (Å²) >= 11 is 1.72. The van der Waals surface area contributed by atoms with Gasteiger partial charge < -0.3 is 13.9 Å². The molecule has 2 aromatic carbocycles. The number of rotatable bonds is 9. The molecule has 0 amide bonds. The predicted octanol–water partition coefficient (Wildman–Crippen LogP) is 3.88. The molecule has 0 unspecified atom stereocenters. The van der Waals surface area contributed by atoms with E-state index in [-0.39, 0.29) is 0 Å². The highest BCUT2D eigenvalue weighted by molar-refractivity contribution is 7.98. The fourth-order valence-corrected chi connectivity index (χ4v) is 3.73. The largest absolute Gasteiger partial charge is 0.493 e. The molecule has 29 heavy (non-hydrogen) atoms. The van der Waals surface area contributed by atoms with Gasteiger partial charge in [0.25, 0.3) is 0 Å². The number of nitrogens with zero attached hydrogens (tertiary/aromatic N) is 3. The summed E-state index contributed by atoms with van der Waals surface area (Å²) in [6.45, 7) is 5.21. The quantitative estimate of drug-likeness (QED) is 0.495. The fourth-order valence-electron chi connectivity index (χ4n) is 3.09. The number of aromatic nitrogens is 2. The van der Waals surface area contributed by atoms with Crippen LogP contribution in [0.1, 0.15) is 11.5 Å². The highest BCUT2D eigenvalue weighted by Crippen LogP contribution is 2.21. The monoisotopic (exact) mass is 411 g/mol. The van der Waals surface area contributed by atoms with E-state index in [2.05, 4.69) is 27.2 Å². The van der Waals surface area contributed by atoms with Gasteiger partial charge in [-0.25, -0.2) is 0 Å². The van der Waals surface area contributed by atoms with Crippen LogP contribution < -0.4 is 4.74 Å². The lowest BCUT2D eigenvalue weighted by Gasteiger charge is -2.26. The third-order valence-electron chi connectivity index (χ3n) is 4.64. The van der Waals surface area contributed by atoms with Crippen molar-refractivity contribution in [3.63, 3.8) is 0 Å². The smallest absolute Gasteiger partial charge is 0.247 e. The standard InChI is InChI=1S/C22H25N3O3S/c1-2-4-20(5-3-1)27-14-15-29-17-21-23-24-22(28-21)19-8-6-18(7-9-19)16-25-10-12-26-13-11-25/h1-9H,10-17H2. The first kappa shape index (κ1) is 19.9. The van der Waals surface area contributed by atoms with Gasteiger partial charge in [-0.15, -0.1) is 22.0 Å². The number of morpholine rings is 1. The van der Waals surface area contributed by atoms with Crippen LogP contribution in [0.3, 0.4) is 0 Å². The summed E-state index contributed by atoms with van der Waals surface area (Å²) in [4.78, 5) is 2.40. The number of ether oxygens (including phenoxy) is 2. The van der Waals surface area contributed by atoms with Gasteiger partial charge in [0.15, 0.2) is 0 Å². The van der Waals surface area contributed by atoms with Gasteiger partial charge in [0.1, 0.15) is 5.75 Å². The number of thioether (sulfide) groups is 1. The number of hydrogen-bond donors (Lipinski definition) is 0. The molecule has 0 aliphatic carbocycles. The van der Waals surface area contributed by atoms with Crippen molar-refractivity contribution < 1.29 is 13.9 Å². The molecule has 1 fully saturated rings. The zero-order chi connectivity index (χ0) is 19.7. The number of hydrogen-bond acceptors (Lipinski definition) is 7. The zero-order valence-corrected chi connectivity index (χ0v) is 17.1. The summed E-state index contributed by atoms with van der Waals surface area (Å²) in [6.07, 6.45) is 0. The van der Waals surface area contributed by atoms with Crippen molar-refractivity contribution in [1.29, 1.82) is 0 Å². The molecule has 0 N–H and O–H groups in total. The summed E-state index contributed by atoms with van der Waals surface area (Å²) in [5.74, 6) is 3.65. The second kappa shape index (κ2) is 10.4. The Labute approximate surface area is 175 Å². The van der Waals surface area contributed by atoms with E-state index in [1.165, 1.54) is 5.56 Å². The topological polar surface area (TPSA) is 60.6 Å². The van der Waals surface area contributed by atoms with Crippen molar-refractivity contribution in [1.82, 2.24) is 15.1 Å². The first-order valence-corrected chi connectivity index (χ1v) is 11.0. The van der Waals surface area contributed by atoms with Crippen LogP contribution >= 0.6 is 11.8 Å². The van der Waals surface area contributed by atoms with Crippen molar-refractivity contribution in [3.8, 4) is 17.2 Å². The first-order valence-electron chi connectivity index (χ1n) is 9.84. The Bertz CT molecular complexity index is 865. The zero-order valence-electron chi connectivity index (χ0n) is 16.3. The molecular formula is C22H25N3O3S. The summed E-state index contributed by atoms with van der Waals surface area (Å²) in [7, 11) is 0. The summed E-state index contributed by atoms with van der Waals surface area (Å²) in [5.41, 5.74) is 2.23. The number of benzene rings is 2. The Hall–Kier alpha value is -2.35. The Balaban J connectivity index is 1.22. The van der Waals surface area contributed by atoms with Crippen LogP contribution in [0.2, 0.25) is 0 Å². The Kier molecular flexibility index (Phi) is 7.18. The Morgan fingerprint density at radius 2 is 1.76 bits per heavy atom. The van der Waals surface area contributed by atoms with Crippen LogP contribution in [0, 0.1) is 0 Å². The second-order valence-corrected chi connectivity index (χ2v) is 7.91. The van der Waals surface area contributed by atoms with Crippen LogP contribution in [0.15, 0.2) is 59.0 Å². The molecule has 0 radical (unpaired) electrons. The van der Waals surface area contributed by atoms with Gasteiger partial charge in [0.2, 0.25) is 11.8 Å². The second-order valence-electron chi connectivity index (χ2n) is 6.80. The Morgan fingerprint density at radius 1 is 0.966 bits per heavy atom. The molecule has 3 aromatic rings. The molecule has 0 atom stereocenters. The van der Waals surface area contributed by atoms with E-state index in [4.69, 9.17) is 13.9 Å². The summed E-state index contributed by atoms with van der Waals surface area (Å²) in [5, 5.41) is 8.35. The van der Waals surface area contributed by atoms with Gasteiger partial charge in [-0.3, -0.25) is 4.90 Å². The van der Waals surface area contributed by atoms with Crippen molar-refractivity contribution in [3.05, 3.63) is 66.1 Å². The summed E-state index contributed by atoms with van der Waals surface area (Å²) < 4.78 is 16.9. The normalized spacial score (nSPS) is 14.8. The molecule has 0 spiro atoms. The molecular weight excluding hydrogens is 386 g/mol. The van der Waals surface area contributed by atoms with Crippen LogP contribution in [-0.4, -0.2) is 53.8 Å². The van der Waals surface area contributed by atoms with Gasteiger partial charge in [0.05, 0.1) is 25.6 Å². The third-order valence-corrected chi connectivity index (χ3v) is 5.55. The van der Waals surface area contributed by atoms with E-state index in [9.17, 15) is 0 Å². The van der Waals surface area contributed by atoms with Crippen molar-refractivity contribution >= 4 is 11.8 Å². The molecule has 4 rings (SSSR count). The lowest BCUT2D eigenvalue weighted by molar-refractivity contribution is 0.0342.